The summed E-state index contributed by atoms with van der Waals surface area (Å²) >= 11 is 0. The molecule has 0 fully saturated rings. The van der Waals surface area contributed by atoms with Crippen LogP contribution in [-0.4, -0.2) is 0 Å². The molecule has 2 heteroatoms. The number of unbranched alkanes of at least 4 members (excludes halogenated alkanes) is 6. The van der Waals surface area contributed by atoms with Crippen molar-refractivity contribution in [2.24, 2.45) is 0 Å². The first kappa shape index (κ1) is 39.0. The summed E-state index contributed by atoms with van der Waals surface area (Å²) in [4.78, 5) is 0. The highest BCUT2D eigenvalue weighted by Gasteiger charge is 2.13. The molecule has 55 heavy (non-hydrogen) atoms. The normalized spacial score (nSPS) is 11.0. The van der Waals surface area contributed by atoms with Gasteiger partial charge in [-0.05, 0) is 168 Å². The van der Waals surface area contributed by atoms with Crippen LogP contribution < -0.4 is 0 Å². The summed E-state index contributed by atoms with van der Waals surface area (Å²) in [7, 11) is 0. The lowest BCUT2D eigenvalue weighted by atomic mass is 9.90. The number of rotatable bonds is 14. The Morgan fingerprint density at radius 1 is 0.345 bits per heavy atom. The topological polar surface area (TPSA) is 47.6 Å². The summed E-state index contributed by atoms with van der Waals surface area (Å²) in [5.74, 6) is 0. The Morgan fingerprint density at radius 3 is 1.02 bits per heavy atom. The average molecular weight is 719 g/mol. The van der Waals surface area contributed by atoms with Gasteiger partial charge in [-0.15, -0.1) is 0 Å². The highest BCUT2D eigenvalue weighted by atomic mass is 14.3. The quantitative estimate of drug-likeness (QED) is 0.105. The van der Waals surface area contributed by atoms with E-state index in [9.17, 15) is 10.5 Å². The molecule has 0 aliphatic rings. The van der Waals surface area contributed by atoms with Crippen LogP contribution >= 0.6 is 0 Å². The zero-order valence-corrected chi connectivity index (χ0v) is 33.7. The van der Waals surface area contributed by atoms with Crippen LogP contribution in [0.4, 0.5) is 0 Å². The molecule has 0 unspecified atom stereocenters. The van der Waals surface area contributed by atoms with Gasteiger partial charge < -0.3 is 0 Å². The van der Waals surface area contributed by atoms with Crippen LogP contribution in [-0.2, 0) is 12.8 Å². The third-order valence-corrected chi connectivity index (χ3v) is 11.9. The number of aryl methyl sites for hydroxylation is 4. The highest BCUT2D eigenvalue weighted by Crippen LogP contribution is 2.34. The van der Waals surface area contributed by atoms with Gasteiger partial charge in [-0.1, -0.05) is 129 Å². The fourth-order valence-corrected chi connectivity index (χ4v) is 8.03. The van der Waals surface area contributed by atoms with Gasteiger partial charge in [0.05, 0.1) is 23.3 Å². The van der Waals surface area contributed by atoms with Crippen LogP contribution in [0.2, 0.25) is 0 Å². The van der Waals surface area contributed by atoms with Crippen molar-refractivity contribution in [1.82, 2.24) is 0 Å². The van der Waals surface area contributed by atoms with E-state index >= 15 is 0 Å². The lowest BCUT2D eigenvalue weighted by molar-refractivity contribution is 0.579. The van der Waals surface area contributed by atoms with Crippen molar-refractivity contribution >= 4 is 0 Å². The van der Waals surface area contributed by atoms with E-state index in [0.717, 1.165) is 35.1 Å². The van der Waals surface area contributed by atoms with E-state index in [0.29, 0.717) is 0 Å². The zero-order valence-electron chi connectivity index (χ0n) is 33.7. The van der Waals surface area contributed by atoms with E-state index in [4.69, 9.17) is 0 Å². The summed E-state index contributed by atoms with van der Waals surface area (Å²) in [5.41, 5.74) is 21.2. The number of hydrogen-bond donors (Lipinski definition) is 0. The van der Waals surface area contributed by atoms with E-state index in [1.54, 1.807) is 0 Å². The van der Waals surface area contributed by atoms with Gasteiger partial charge in [0, 0.05) is 0 Å². The largest absolute Gasteiger partial charge is 0.192 e. The van der Waals surface area contributed by atoms with Gasteiger partial charge in [-0.25, -0.2) is 0 Å². The minimum Gasteiger partial charge on any atom is -0.192 e. The van der Waals surface area contributed by atoms with Gasteiger partial charge in [-0.3, -0.25) is 0 Å². The maximum atomic E-state index is 9.39. The van der Waals surface area contributed by atoms with Gasteiger partial charge >= 0.3 is 0 Å². The second-order valence-electron chi connectivity index (χ2n) is 15.5. The Balaban J connectivity index is 0.888. The van der Waals surface area contributed by atoms with Gasteiger partial charge in [0.15, 0.2) is 0 Å². The Hall–Kier alpha value is -5.70. The van der Waals surface area contributed by atoms with Crippen molar-refractivity contribution in [3.05, 3.63) is 165 Å². The summed E-state index contributed by atoms with van der Waals surface area (Å²) in [6.07, 6.45) is 11.3. The number of benzene rings is 6. The molecular formula is C53H54N2. The number of nitriles is 2. The highest BCUT2D eigenvalue weighted by molar-refractivity contribution is 5.78. The predicted molar refractivity (Wildman–Crippen MR) is 232 cm³/mol. The molecule has 0 amide bonds. The van der Waals surface area contributed by atoms with Gasteiger partial charge in [0.25, 0.3) is 0 Å². The monoisotopic (exact) mass is 718 g/mol. The molecule has 0 radical (unpaired) electrons. The molecule has 0 N–H and O–H groups in total. The summed E-state index contributed by atoms with van der Waals surface area (Å²) in [6.45, 7) is 12.7. The van der Waals surface area contributed by atoms with Crippen LogP contribution in [0.1, 0.15) is 101 Å². The second-order valence-corrected chi connectivity index (χ2v) is 15.5. The van der Waals surface area contributed by atoms with Crippen molar-refractivity contribution in [1.29, 1.82) is 10.5 Å². The molecular weight excluding hydrogens is 665 g/mol. The van der Waals surface area contributed by atoms with E-state index in [1.165, 1.54) is 123 Å². The molecule has 6 aromatic carbocycles. The fourth-order valence-electron chi connectivity index (χ4n) is 8.03. The standard InChI is InChI=1S/C53H54N2/c1-36-32-46(24-28-50(36)52-30-26-48(34-54)38(3)40(52)5)44-20-16-42(17-21-44)14-12-10-8-7-9-11-13-15-43-18-22-45(23-19-43)47-25-29-51(37(2)33-47)53-31-27-49(35-55)39(4)41(53)6/h16-33H,7-15H2,1-6H3. The predicted octanol–water partition coefficient (Wildman–Crippen LogP) is 14.5. The minimum absolute atomic E-state index is 0.753. The average Bonchev–Trinajstić information content (AvgIpc) is 3.20. The third-order valence-electron chi connectivity index (χ3n) is 11.9. The molecule has 0 saturated carbocycles. The molecule has 0 saturated heterocycles. The fraction of sp³-hybridized carbons (Fsp3) is 0.283. The maximum Gasteiger partial charge on any atom is 0.0994 e. The molecule has 276 valence electrons. The van der Waals surface area contributed by atoms with E-state index in [2.05, 4.69) is 137 Å². The van der Waals surface area contributed by atoms with E-state index < -0.39 is 0 Å². The van der Waals surface area contributed by atoms with Gasteiger partial charge in [0.2, 0.25) is 0 Å². The summed E-state index contributed by atoms with van der Waals surface area (Å²) < 4.78 is 0. The molecule has 6 aromatic rings. The lowest BCUT2D eigenvalue weighted by Crippen LogP contribution is -1.94. The first-order valence-electron chi connectivity index (χ1n) is 20.1. The maximum absolute atomic E-state index is 9.39. The molecule has 6 rings (SSSR count). The van der Waals surface area contributed by atoms with Crippen molar-refractivity contribution < 1.29 is 0 Å². The Morgan fingerprint density at radius 2 is 0.673 bits per heavy atom. The van der Waals surface area contributed by atoms with Crippen LogP contribution in [0.25, 0.3) is 44.5 Å². The third kappa shape index (κ3) is 9.16. The van der Waals surface area contributed by atoms with E-state index in [1.807, 2.05) is 26.0 Å². The smallest absolute Gasteiger partial charge is 0.0994 e. The van der Waals surface area contributed by atoms with Crippen LogP contribution in [0.3, 0.4) is 0 Å². The van der Waals surface area contributed by atoms with Crippen LogP contribution in [0.15, 0.2) is 109 Å². The van der Waals surface area contributed by atoms with Crippen molar-refractivity contribution in [2.75, 3.05) is 0 Å². The summed E-state index contributed by atoms with van der Waals surface area (Å²) in [5, 5.41) is 18.8. The minimum atomic E-state index is 0.753. The van der Waals surface area contributed by atoms with Crippen molar-refractivity contribution in [3.8, 4) is 56.6 Å². The molecule has 0 aliphatic heterocycles. The van der Waals surface area contributed by atoms with Crippen LogP contribution in [0.5, 0.6) is 0 Å². The molecule has 0 spiro atoms. The molecule has 0 aliphatic carbocycles. The molecule has 0 bridgehead atoms. The van der Waals surface area contributed by atoms with Crippen molar-refractivity contribution in [2.45, 2.75) is 99.3 Å². The van der Waals surface area contributed by atoms with Gasteiger partial charge in [0.1, 0.15) is 0 Å². The lowest BCUT2D eigenvalue weighted by Gasteiger charge is -2.14. The molecule has 0 heterocycles. The first-order chi connectivity index (χ1) is 26.7. The Bertz CT molecular complexity index is 2190. The van der Waals surface area contributed by atoms with Crippen LogP contribution in [0, 0.1) is 64.2 Å². The van der Waals surface area contributed by atoms with Crippen molar-refractivity contribution in [3.63, 3.8) is 0 Å². The van der Waals surface area contributed by atoms with Gasteiger partial charge in [-0.2, -0.15) is 10.5 Å². The molecule has 0 atom stereocenters. The summed E-state index contributed by atoms with van der Waals surface area (Å²) in [6, 6.07) is 44.5. The first-order valence-corrected chi connectivity index (χ1v) is 20.1. The van der Waals surface area contributed by atoms with E-state index in [-0.39, 0.29) is 0 Å². The number of hydrogen-bond acceptors (Lipinski definition) is 2. The Labute approximate surface area is 330 Å². The molecule has 2 nitrogen and oxygen atoms in total. The Kier molecular flexibility index (Phi) is 12.8. The second kappa shape index (κ2) is 18.1. The zero-order chi connectivity index (χ0) is 38.9. The SMILES string of the molecule is Cc1cc(-c2ccc(CCCCCCCCCc3ccc(-c4ccc(-c5ccc(C#N)c(C)c5C)c(C)c4)cc3)cc2)ccc1-c1ccc(C#N)c(C)c1C. The number of nitrogens with zero attached hydrogens (tertiary/aromatic N) is 2. The molecule has 0 aromatic heterocycles.